The predicted molar refractivity (Wildman–Crippen MR) is 55.8 cm³/mol. The van der Waals surface area contributed by atoms with E-state index in [4.69, 9.17) is 0 Å². The van der Waals surface area contributed by atoms with Gasteiger partial charge in [0, 0.05) is 42.1 Å². The Morgan fingerprint density at radius 1 is 1.60 bits per heavy atom. The Labute approximate surface area is 76.0 Å². The van der Waals surface area contributed by atoms with E-state index in [1.165, 1.54) is 5.41 Å². The quantitative estimate of drug-likeness (QED) is 0.712. The second-order valence-corrected chi connectivity index (χ2v) is 7.28. The summed E-state index contributed by atoms with van der Waals surface area (Å²) in [4.78, 5) is 0. The van der Waals surface area contributed by atoms with E-state index in [9.17, 15) is 3.89 Å². The molecule has 1 nitrogen and oxygen atoms in total. The first kappa shape index (κ1) is 10.7. The van der Waals surface area contributed by atoms with Crippen LogP contribution < -0.4 is 0 Å². The summed E-state index contributed by atoms with van der Waals surface area (Å²) in [7, 11) is -2.19. The molecule has 62 valence electrons. The highest BCUT2D eigenvalue weighted by Gasteiger charge is 2.21. The van der Waals surface area contributed by atoms with Crippen LogP contribution in [0, 0.1) is 0 Å². The number of halogens is 2. The molecule has 1 unspecified atom stereocenters. The Morgan fingerprint density at radius 2 is 2.00 bits per heavy atom. The molecule has 0 saturated carbocycles. The van der Waals surface area contributed by atoms with Crippen molar-refractivity contribution < 1.29 is 3.89 Å². The van der Waals surface area contributed by atoms with E-state index in [0.29, 0.717) is 0 Å². The molecule has 0 radical (unpaired) electrons. The van der Waals surface area contributed by atoms with Crippen molar-refractivity contribution in [3.05, 3.63) is 12.0 Å². The third kappa shape index (κ3) is 2.75. The molecule has 0 heterocycles. The van der Waals surface area contributed by atoms with Gasteiger partial charge in [0.2, 0.25) is 0 Å². The van der Waals surface area contributed by atoms with Gasteiger partial charge in [0.1, 0.15) is 0 Å². The lowest BCUT2D eigenvalue weighted by Crippen LogP contribution is -2.19. The van der Waals surface area contributed by atoms with Crippen LogP contribution in [-0.4, -0.2) is 17.4 Å². The minimum absolute atomic E-state index is 0.747. The molecule has 0 fully saturated rings. The molecule has 0 aromatic carbocycles. The van der Waals surface area contributed by atoms with Crippen LogP contribution in [0.25, 0.3) is 0 Å². The van der Waals surface area contributed by atoms with Gasteiger partial charge in [-0.1, -0.05) is 20.4 Å². The summed E-state index contributed by atoms with van der Waals surface area (Å²) in [6, 6.07) is 0. The highest BCUT2D eigenvalue weighted by molar-refractivity contribution is 14.2. The molecule has 0 spiro atoms. The Kier molecular flexibility index (Phi) is 4.88. The van der Waals surface area contributed by atoms with Gasteiger partial charge in [-0.15, -0.1) is 0 Å². The maximum atomic E-state index is 13.4. The van der Waals surface area contributed by atoms with Crippen LogP contribution in [0.5, 0.6) is 0 Å². The third-order valence-corrected chi connectivity index (χ3v) is 5.61. The number of nitrogens with zero attached hydrogens (tertiary/aromatic N) is 1. The van der Waals surface area contributed by atoms with Gasteiger partial charge < -0.3 is 0 Å². The van der Waals surface area contributed by atoms with Crippen LogP contribution in [0.2, 0.25) is 0 Å². The van der Waals surface area contributed by atoms with E-state index in [2.05, 4.69) is 6.58 Å². The van der Waals surface area contributed by atoms with Gasteiger partial charge in [0.15, 0.2) is 0 Å². The first-order valence-corrected chi connectivity index (χ1v) is 7.28. The van der Waals surface area contributed by atoms with E-state index >= 15 is 0 Å². The zero-order valence-electron chi connectivity index (χ0n) is 6.31. The van der Waals surface area contributed by atoms with Crippen molar-refractivity contribution in [1.82, 2.24) is 4.31 Å². The second-order valence-electron chi connectivity index (χ2n) is 1.76. The van der Waals surface area contributed by atoms with Gasteiger partial charge in [0.25, 0.3) is 0 Å². The second kappa shape index (κ2) is 4.56. The average molecular weight is 277 g/mol. The number of hydrogen-bond acceptors (Lipinski definition) is 1. The molecule has 0 aliphatic carbocycles. The number of hydrogen-bond donors (Lipinski definition) is 0. The molecule has 0 amide bonds. The lowest BCUT2D eigenvalue weighted by atomic mass is 10.7. The zero-order chi connectivity index (χ0) is 8.20. The Bertz CT molecular complexity index is 114. The van der Waals surface area contributed by atoms with Gasteiger partial charge in [-0.2, -0.15) is 3.89 Å². The fraction of sp³-hybridized carbons (Fsp3) is 0.667. The van der Waals surface area contributed by atoms with Crippen LogP contribution in [0.4, 0.5) is 3.89 Å². The lowest BCUT2D eigenvalue weighted by Gasteiger charge is -2.31. The summed E-state index contributed by atoms with van der Waals surface area (Å²) in [5.41, 5.74) is 0. The fourth-order valence-electron chi connectivity index (χ4n) is 0.673. The molecule has 0 aromatic heterocycles. The lowest BCUT2D eigenvalue weighted by molar-refractivity contribution is 0.501. The average Bonchev–Trinajstić information content (AvgIpc) is 1.90. The van der Waals surface area contributed by atoms with Crippen molar-refractivity contribution in [2.75, 3.05) is 13.1 Å². The van der Waals surface area contributed by atoms with Crippen LogP contribution in [-0.2, 0) is 0 Å². The van der Waals surface area contributed by atoms with E-state index in [1.54, 1.807) is 4.31 Å². The Morgan fingerprint density at radius 3 is 2.10 bits per heavy atom. The summed E-state index contributed by atoms with van der Waals surface area (Å²) < 4.78 is 15.1. The molecular formula is C6H13FINS. The summed E-state index contributed by atoms with van der Waals surface area (Å²) in [5.74, 6) is 0. The van der Waals surface area contributed by atoms with Gasteiger partial charge in [-0.3, -0.25) is 0 Å². The topological polar surface area (TPSA) is 3.24 Å². The van der Waals surface area contributed by atoms with E-state index < -0.39 is 7.77 Å². The van der Waals surface area contributed by atoms with E-state index in [0.717, 1.165) is 13.1 Å². The van der Waals surface area contributed by atoms with Crippen molar-refractivity contribution in [2.24, 2.45) is 0 Å². The van der Waals surface area contributed by atoms with Gasteiger partial charge in [-0.05, 0) is 5.41 Å². The summed E-state index contributed by atoms with van der Waals surface area (Å²) in [6.45, 7) is 8.86. The van der Waals surface area contributed by atoms with E-state index in [-0.39, 0.29) is 0 Å². The fourth-order valence-corrected chi connectivity index (χ4v) is 3.24. The SMILES string of the molecule is C=CS(F)(I)N(CC)CC. The summed E-state index contributed by atoms with van der Waals surface area (Å²) >= 11 is 1.83. The molecular weight excluding hydrogens is 264 g/mol. The van der Waals surface area contributed by atoms with Crippen molar-refractivity contribution >= 4 is 29.0 Å². The first-order chi connectivity index (χ1) is 4.58. The monoisotopic (exact) mass is 277 g/mol. The van der Waals surface area contributed by atoms with Crippen molar-refractivity contribution in [1.29, 1.82) is 0 Å². The predicted octanol–water partition coefficient (Wildman–Crippen LogP) is 3.43. The minimum atomic E-state index is -2.19. The Hall–Kier alpha value is 0.710. The molecule has 10 heavy (non-hydrogen) atoms. The van der Waals surface area contributed by atoms with Gasteiger partial charge >= 0.3 is 0 Å². The molecule has 4 heteroatoms. The number of rotatable bonds is 4. The molecule has 0 rings (SSSR count). The standard InChI is InChI=1S/C6H13FINS/c1-4-9(5-2)10(7,8)6-3/h6H,3-5H2,1-2H3. The third-order valence-electron chi connectivity index (χ3n) is 1.25. The Balaban J connectivity index is 4.10. The van der Waals surface area contributed by atoms with Crippen molar-refractivity contribution in [2.45, 2.75) is 13.8 Å². The molecule has 0 saturated heterocycles. The zero-order valence-corrected chi connectivity index (χ0v) is 9.28. The van der Waals surface area contributed by atoms with Crippen LogP contribution in [0.1, 0.15) is 13.8 Å². The normalized spacial score (nSPS) is 20.1. The van der Waals surface area contributed by atoms with Gasteiger partial charge in [0.05, 0.1) is 0 Å². The van der Waals surface area contributed by atoms with Crippen LogP contribution in [0.15, 0.2) is 12.0 Å². The summed E-state index contributed by atoms with van der Waals surface area (Å²) in [5, 5.41) is 1.40. The highest BCUT2D eigenvalue weighted by Crippen LogP contribution is 2.61. The molecule has 0 aliphatic rings. The van der Waals surface area contributed by atoms with Gasteiger partial charge in [-0.25, -0.2) is 4.31 Å². The van der Waals surface area contributed by atoms with E-state index in [1.807, 2.05) is 35.1 Å². The van der Waals surface area contributed by atoms with Crippen LogP contribution >= 0.6 is 29.0 Å². The van der Waals surface area contributed by atoms with Crippen LogP contribution in [0.3, 0.4) is 0 Å². The highest BCUT2D eigenvalue weighted by atomic mass is 127. The molecule has 0 aromatic rings. The summed E-state index contributed by atoms with van der Waals surface area (Å²) in [6.07, 6.45) is 0. The minimum Gasteiger partial charge on any atom is -0.233 e. The first-order valence-electron chi connectivity index (χ1n) is 3.18. The van der Waals surface area contributed by atoms with Crippen molar-refractivity contribution in [3.63, 3.8) is 0 Å². The molecule has 0 N–H and O–H groups in total. The molecule has 1 atom stereocenters. The smallest absolute Gasteiger partial charge is 0.0412 e. The molecule has 0 aliphatic heterocycles. The largest absolute Gasteiger partial charge is 0.233 e. The van der Waals surface area contributed by atoms with Crippen molar-refractivity contribution in [3.8, 4) is 0 Å². The maximum Gasteiger partial charge on any atom is 0.0412 e. The maximum absolute atomic E-state index is 13.4. The molecule has 0 bridgehead atoms.